The maximum atomic E-state index is 8.89. The second kappa shape index (κ2) is 5.53. The summed E-state index contributed by atoms with van der Waals surface area (Å²) in [6.45, 7) is 3.10. The van der Waals surface area contributed by atoms with E-state index in [1.165, 1.54) is 4.63 Å². The number of nitrogens with zero attached hydrogens (tertiary/aromatic N) is 5. The Kier molecular flexibility index (Phi) is 3.81. The predicted molar refractivity (Wildman–Crippen MR) is 62.6 cm³/mol. The second-order valence-corrected chi connectivity index (χ2v) is 4.10. The fourth-order valence-corrected chi connectivity index (χ4v) is 1.50. The van der Waals surface area contributed by atoms with Gasteiger partial charge in [-0.3, -0.25) is 0 Å². The highest BCUT2D eigenvalue weighted by Gasteiger charge is 2.01. The number of anilines is 1. The largest absolute Gasteiger partial charge is 0.396 e. The molecule has 7 heteroatoms. The van der Waals surface area contributed by atoms with E-state index in [1.54, 1.807) is 0 Å². The van der Waals surface area contributed by atoms with Crippen LogP contribution in [0.15, 0.2) is 12.1 Å². The fourth-order valence-electron chi connectivity index (χ4n) is 1.50. The van der Waals surface area contributed by atoms with Crippen molar-refractivity contribution in [1.29, 1.82) is 0 Å². The summed E-state index contributed by atoms with van der Waals surface area (Å²) >= 11 is 0. The highest BCUT2D eigenvalue weighted by atomic mass is 16.3. The van der Waals surface area contributed by atoms with Gasteiger partial charge < -0.3 is 10.4 Å². The minimum Gasteiger partial charge on any atom is -0.396 e. The molecule has 7 nitrogen and oxygen atoms in total. The van der Waals surface area contributed by atoms with Crippen molar-refractivity contribution in [3.8, 4) is 0 Å². The predicted octanol–water partition coefficient (Wildman–Crippen LogP) is 0.340. The quantitative estimate of drug-likeness (QED) is 0.703. The molecule has 2 heterocycles. The first kappa shape index (κ1) is 11.7. The molecule has 2 rings (SSSR count). The van der Waals surface area contributed by atoms with Gasteiger partial charge in [0.2, 0.25) is 0 Å². The molecular formula is C10H16N6O. The molecule has 2 aromatic rings. The molecule has 0 saturated carbocycles. The third kappa shape index (κ3) is 3.10. The molecule has 2 aromatic heterocycles. The van der Waals surface area contributed by atoms with Crippen molar-refractivity contribution in [2.75, 3.05) is 18.5 Å². The van der Waals surface area contributed by atoms with Crippen LogP contribution in [0.3, 0.4) is 0 Å². The normalized spacial score (nSPS) is 12.8. The van der Waals surface area contributed by atoms with Crippen molar-refractivity contribution >= 4 is 11.5 Å². The number of nitrogens with one attached hydrogen (secondary N) is 1. The molecule has 0 aliphatic heterocycles. The Hall–Kier alpha value is -1.76. The highest BCUT2D eigenvalue weighted by Crippen LogP contribution is 2.06. The maximum Gasteiger partial charge on any atom is 0.200 e. The van der Waals surface area contributed by atoms with Gasteiger partial charge in [0, 0.05) is 13.2 Å². The molecule has 1 unspecified atom stereocenters. The van der Waals surface area contributed by atoms with Crippen LogP contribution in [0.4, 0.5) is 5.82 Å². The summed E-state index contributed by atoms with van der Waals surface area (Å²) in [5, 5.41) is 27.3. The van der Waals surface area contributed by atoms with Crippen molar-refractivity contribution in [2.24, 2.45) is 5.92 Å². The molecule has 0 radical (unpaired) electrons. The molecule has 17 heavy (non-hydrogen) atoms. The fraction of sp³-hybridized carbons (Fsp3) is 0.600. The lowest BCUT2D eigenvalue weighted by Gasteiger charge is -2.08. The number of aromatic nitrogens is 5. The van der Waals surface area contributed by atoms with Gasteiger partial charge in [0.1, 0.15) is 5.82 Å². The van der Waals surface area contributed by atoms with E-state index in [0.717, 1.165) is 25.2 Å². The van der Waals surface area contributed by atoms with E-state index in [4.69, 9.17) is 5.11 Å². The standard InChI is InChI=1S/C10H16N6O/c1-8(7-17)3-2-6-11-9-4-5-10-12-14-15-16(10)13-9/h4-5,8,17H,2-3,6-7H2,1H3,(H,11,13). The first-order valence-electron chi connectivity index (χ1n) is 5.70. The summed E-state index contributed by atoms with van der Waals surface area (Å²) in [7, 11) is 0. The van der Waals surface area contributed by atoms with E-state index in [2.05, 4.69) is 25.9 Å². The molecule has 0 bridgehead atoms. The van der Waals surface area contributed by atoms with Crippen LogP contribution in [-0.2, 0) is 0 Å². The smallest absolute Gasteiger partial charge is 0.200 e. The van der Waals surface area contributed by atoms with Gasteiger partial charge in [0.25, 0.3) is 0 Å². The van der Waals surface area contributed by atoms with Gasteiger partial charge in [-0.25, -0.2) is 0 Å². The molecule has 0 saturated heterocycles. The number of tetrazole rings is 1. The van der Waals surface area contributed by atoms with Crippen LogP contribution in [0.2, 0.25) is 0 Å². The van der Waals surface area contributed by atoms with Crippen molar-refractivity contribution in [1.82, 2.24) is 25.3 Å². The van der Waals surface area contributed by atoms with Gasteiger partial charge >= 0.3 is 0 Å². The molecule has 0 aromatic carbocycles. The number of hydrogen-bond donors (Lipinski definition) is 2. The first-order chi connectivity index (χ1) is 8.29. The Bertz CT molecular complexity index is 471. The summed E-state index contributed by atoms with van der Waals surface area (Å²) < 4.78 is 1.39. The van der Waals surface area contributed by atoms with Crippen molar-refractivity contribution < 1.29 is 5.11 Å². The molecule has 92 valence electrons. The van der Waals surface area contributed by atoms with E-state index < -0.39 is 0 Å². The van der Waals surface area contributed by atoms with Gasteiger partial charge in [-0.15, -0.1) is 14.8 Å². The maximum absolute atomic E-state index is 8.89. The van der Waals surface area contributed by atoms with Gasteiger partial charge in [0.05, 0.1) is 0 Å². The molecule has 0 aliphatic carbocycles. The highest BCUT2D eigenvalue weighted by molar-refractivity contribution is 5.41. The third-order valence-corrected chi connectivity index (χ3v) is 2.56. The van der Waals surface area contributed by atoms with Crippen molar-refractivity contribution in [3.05, 3.63) is 12.1 Å². The Labute approximate surface area is 98.8 Å². The van der Waals surface area contributed by atoms with Crippen molar-refractivity contribution in [2.45, 2.75) is 19.8 Å². The van der Waals surface area contributed by atoms with E-state index in [-0.39, 0.29) is 6.61 Å². The Morgan fingerprint density at radius 3 is 3.18 bits per heavy atom. The second-order valence-electron chi connectivity index (χ2n) is 4.10. The van der Waals surface area contributed by atoms with Crippen LogP contribution in [0, 0.1) is 5.92 Å². The monoisotopic (exact) mass is 236 g/mol. The number of fused-ring (bicyclic) bond motifs is 1. The molecule has 0 fully saturated rings. The third-order valence-electron chi connectivity index (χ3n) is 2.56. The average Bonchev–Trinajstić information content (AvgIpc) is 2.81. The van der Waals surface area contributed by atoms with E-state index >= 15 is 0 Å². The zero-order valence-electron chi connectivity index (χ0n) is 9.74. The minimum atomic E-state index is 0.245. The first-order valence-corrected chi connectivity index (χ1v) is 5.70. The van der Waals surface area contributed by atoms with Gasteiger partial charge in [-0.05, 0) is 41.3 Å². The van der Waals surface area contributed by atoms with Gasteiger partial charge in [-0.2, -0.15) is 0 Å². The summed E-state index contributed by atoms with van der Waals surface area (Å²) in [4.78, 5) is 0. The Morgan fingerprint density at radius 2 is 2.35 bits per heavy atom. The van der Waals surface area contributed by atoms with Crippen molar-refractivity contribution in [3.63, 3.8) is 0 Å². The Balaban J connectivity index is 1.82. The van der Waals surface area contributed by atoms with Crippen LogP contribution in [0.5, 0.6) is 0 Å². The number of rotatable bonds is 6. The lowest BCUT2D eigenvalue weighted by atomic mass is 10.1. The number of aliphatic hydroxyl groups excluding tert-OH is 1. The van der Waals surface area contributed by atoms with Crippen LogP contribution in [0.25, 0.3) is 5.65 Å². The van der Waals surface area contributed by atoms with Gasteiger partial charge in [-0.1, -0.05) is 6.92 Å². The van der Waals surface area contributed by atoms with E-state index in [9.17, 15) is 0 Å². The summed E-state index contributed by atoms with van der Waals surface area (Å²) in [6.07, 6.45) is 1.99. The van der Waals surface area contributed by atoms with Crippen LogP contribution in [-0.4, -0.2) is 43.5 Å². The van der Waals surface area contributed by atoms with Crippen LogP contribution < -0.4 is 5.32 Å². The molecule has 0 aliphatic rings. The Morgan fingerprint density at radius 1 is 1.47 bits per heavy atom. The average molecular weight is 236 g/mol. The zero-order chi connectivity index (χ0) is 12.1. The summed E-state index contributed by atoms with van der Waals surface area (Å²) in [5.74, 6) is 1.10. The number of aliphatic hydroxyl groups is 1. The molecular weight excluding hydrogens is 220 g/mol. The lowest BCUT2D eigenvalue weighted by molar-refractivity contribution is 0.229. The summed E-state index contributed by atoms with van der Waals surface area (Å²) in [6, 6.07) is 3.66. The summed E-state index contributed by atoms with van der Waals surface area (Å²) in [5.41, 5.74) is 0.629. The van der Waals surface area contributed by atoms with Crippen LogP contribution in [0.1, 0.15) is 19.8 Å². The van der Waals surface area contributed by atoms with E-state index in [0.29, 0.717) is 11.6 Å². The number of hydrogen-bond acceptors (Lipinski definition) is 6. The van der Waals surface area contributed by atoms with Gasteiger partial charge in [0.15, 0.2) is 5.65 Å². The molecule has 0 amide bonds. The lowest BCUT2D eigenvalue weighted by Crippen LogP contribution is -2.08. The topological polar surface area (TPSA) is 88.2 Å². The van der Waals surface area contributed by atoms with Crippen LogP contribution >= 0.6 is 0 Å². The minimum absolute atomic E-state index is 0.245. The molecule has 1 atom stereocenters. The SMILES string of the molecule is CC(CO)CCCNc1ccc2nnnn2n1. The molecule has 2 N–H and O–H groups in total. The zero-order valence-corrected chi connectivity index (χ0v) is 9.74. The molecule has 0 spiro atoms. The van der Waals surface area contributed by atoms with E-state index in [1.807, 2.05) is 19.1 Å².